The molecule has 0 aliphatic rings. The van der Waals surface area contributed by atoms with Crippen LogP contribution in [0.25, 0.3) is 0 Å². The molecule has 1 amide bonds. The van der Waals surface area contributed by atoms with Crippen LogP contribution in [0.15, 0.2) is 30.3 Å². The molecule has 1 radical (unpaired) electrons. The Bertz CT molecular complexity index is 261. The van der Waals surface area contributed by atoms with Crippen LogP contribution in [0.1, 0.15) is 0 Å². The zero-order valence-electron chi connectivity index (χ0n) is 6.05. The van der Waals surface area contributed by atoms with E-state index in [1.54, 1.807) is 24.3 Å². The molecule has 0 bridgehead atoms. The van der Waals surface area contributed by atoms with E-state index in [4.69, 9.17) is 23.2 Å². The number of benzene rings is 1. The normalized spacial score (nSPS) is 9.92. The lowest BCUT2D eigenvalue weighted by Crippen LogP contribution is -2.13. The summed E-state index contributed by atoms with van der Waals surface area (Å²) in [7, 11) is 0. The number of para-hydroxylation sites is 1. The largest absolute Gasteiger partial charge is 0.323 e. The number of carbonyl (C=O) groups is 1. The van der Waals surface area contributed by atoms with Crippen molar-refractivity contribution >= 4 is 34.8 Å². The Hall–Kier alpha value is -0.730. The first-order chi connectivity index (χ1) is 5.70. The van der Waals surface area contributed by atoms with E-state index in [0.29, 0.717) is 5.69 Å². The van der Waals surface area contributed by atoms with Gasteiger partial charge in [0.1, 0.15) is 0 Å². The summed E-state index contributed by atoms with van der Waals surface area (Å²) >= 11 is 10.5. The van der Waals surface area contributed by atoms with E-state index in [1.165, 1.54) is 0 Å². The third-order valence-corrected chi connectivity index (χ3v) is 1.55. The molecule has 1 aromatic rings. The molecule has 2 nitrogen and oxygen atoms in total. The Labute approximate surface area is 80.5 Å². The minimum Gasteiger partial charge on any atom is -0.323 e. The standard InChI is InChI=1S/C8H6Cl2NO/c9-7(10)8(12)11-6-4-2-1-3-5-6/h1-5H,(H,11,12). The SMILES string of the molecule is O=C(Nc1ccccc1)[C](Cl)Cl. The van der Waals surface area contributed by atoms with Crippen LogP contribution in [0.5, 0.6) is 0 Å². The van der Waals surface area contributed by atoms with Crippen molar-refractivity contribution in [2.45, 2.75) is 0 Å². The Morgan fingerprint density at radius 1 is 1.17 bits per heavy atom. The predicted octanol–water partition coefficient (Wildman–Crippen LogP) is 2.59. The van der Waals surface area contributed by atoms with Gasteiger partial charge in [-0.1, -0.05) is 41.4 Å². The molecule has 12 heavy (non-hydrogen) atoms. The highest BCUT2D eigenvalue weighted by Crippen LogP contribution is 2.15. The molecule has 0 unspecified atom stereocenters. The van der Waals surface area contributed by atoms with Gasteiger partial charge in [-0.15, -0.1) is 0 Å². The molecule has 4 heteroatoms. The molecule has 0 spiro atoms. The van der Waals surface area contributed by atoms with Gasteiger partial charge in [0.05, 0.1) is 0 Å². The number of carbonyl (C=O) groups excluding carboxylic acids is 1. The van der Waals surface area contributed by atoms with Crippen molar-refractivity contribution in [3.05, 3.63) is 35.2 Å². The maximum Gasteiger partial charge on any atom is 0.264 e. The highest BCUT2D eigenvalue weighted by atomic mass is 35.5. The molecule has 1 rings (SSSR count). The number of rotatable bonds is 2. The molecular formula is C8H6Cl2NO. The predicted molar refractivity (Wildman–Crippen MR) is 50.0 cm³/mol. The summed E-state index contributed by atoms with van der Waals surface area (Å²) in [5, 5.41) is 2.50. The maximum absolute atomic E-state index is 10.9. The van der Waals surface area contributed by atoms with Crippen LogP contribution in [-0.4, -0.2) is 5.91 Å². The van der Waals surface area contributed by atoms with Gasteiger partial charge < -0.3 is 5.32 Å². The Morgan fingerprint density at radius 3 is 2.25 bits per heavy atom. The average molecular weight is 203 g/mol. The molecule has 0 aliphatic carbocycles. The van der Waals surface area contributed by atoms with Crippen molar-refractivity contribution in [3.8, 4) is 0 Å². The first-order valence-corrected chi connectivity index (χ1v) is 4.00. The Balaban J connectivity index is 2.59. The summed E-state index contributed by atoms with van der Waals surface area (Å²) in [6.07, 6.45) is 0. The maximum atomic E-state index is 10.9. The molecule has 0 atom stereocenters. The van der Waals surface area contributed by atoms with E-state index in [9.17, 15) is 4.79 Å². The number of nitrogens with one attached hydrogen (secondary N) is 1. The minimum atomic E-state index is -0.496. The first-order valence-electron chi connectivity index (χ1n) is 3.24. The molecule has 1 N–H and O–H groups in total. The zero-order chi connectivity index (χ0) is 8.97. The van der Waals surface area contributed by atoms with Crippen LogP contribution in [-0.2, 0) is 4.79 Å². The van der Waals surface area contributed by atoms with Gasteiger partial charge in [-0.25, -0.2) is 0 Å². The van der Waals surface area contributed by atoms with Crippen molar-refractivity contribution in [1.29, 1.82) is 0 Å². The number of halogens is 2. The van der Waals surface area contributed by atoms with E-state index < -0.39 is 5.91 Å². The molecule has 0 heterocycles. The summed E-state index contributed by atoms with van der Waals surface area (Å²) in [6.45, 7) is 0. The summed E-state index contributed by atoms with van der Waals surface area (Å²) in [5.74, 6) is -0.496. The smallest absolute Gasteiger partial charge is 0.264 e. The van der Waals surface area contributed by atoms with E-state index >= 15 is 0 Å². The molecule has 0 aliphatic heterocycles. The van der Waals surface area contributed by atoms with Crippen LogP contribution in [0.4, 0.5) is 5.69 Å². The van der Waals surface area contributed by atoms with Gasteiger partial charge in [-0.05, 0) is 12.1 Å². The highest BCUT2D eigenvalue weighted by Gasteiger charge is 2.12. The fourth-order valence-corrected chi connectivity index (χ4v) is 0.794. The second kappa shape index (κ2) is 4.33. The van der Waals surface area contributed by atoms with Gasteiger partial charge in [0.15, 0.2) is 0 Å². The van der Waals surface area contributed by atoms with Crippen molar-refractivity contribution in [2.24, 2.45) is 0 Å². The third kappa shape index (κ3) is 2.72. The average Bonchev–Trinajstić information content (AvgIpc) is 2.06. The van der Waals surface area contributed by atoms with E-state index in [1.807, 2.05) is 6.07 Å². The van der Waals surface area contributed by atoms with Crippen molar-refractivity contribution in [3.63, 3.8) is 0 Å². The van der Waals surface area contributed by atoms with Crippen molar-refractivity contribution in [1.82, 2.24) is 0 Å². The van der Waals surface area contributed by atoms with E-state index in [2.05, 4.69) is 5.32 Å². The monoisotopic (exact) mass is 202 g/mol. The van der Waals surface area contributed by atoms with Gasteiger partial charge in [-0.2, -0.15) is 0 Å². The number of hydrogen-bond donors (Lipinski definition) is 1. The van der Waals surface area contributed by atoms with Gasteiger partial charge >= 0.3 is 0 Å². The van der Waals surface area contributed by atoms with Crippen LogP contribution >= 0.6 is 23.2 Å². The quantitative estimate of drug-likeness (QED) is 0.786. The Morgan fingerprint density at radius 2 is 1.75 bits per heavy atom. The fraction of sp³-hybridized carbons (Fsp3) is 0. The molecule has 0 fully saturated rings. The highest BCUT2D eigenvalue weighted by molar-refractivity contribution is 6.63. The van der Waals surface area contributed by atoms with Crippen LogP contribution < -0.4 is 5.32 Å². The second-order valence-electron chi connectivity index (χ2n) is 2.08. The molecule has 0 saturated heterocycles. The first kappa shape index (κ1) is 9.36. The number of amides is 1. The van der Waals surface area contributed by atoms with Crippen LogP contribution in [0.2, 0.25) is 0 Å². The second-order valence-corrected chi connectivity index (χ2v) is 3.03. The van der Waals surface area contributed by atoms with Gasteiger partial charge in [-0.3, -0.25) is 4.79 Å². The topological polar surface area (TPSA) is 29.1 Å². The van der Waals surface area contributed by atoms with Crippen molar-refractivity contribution in [2.75, 3.05) is 5.32 Å². The van der Waals surface area contributed by atoms with E-state index in [-0.39, 0.29) is 4.84 Å². The fourth-order valence-electron chi connectivity index (χ4n) is 0.700. The van der Waals surface area contributed by atoms with E-state index in [0.717, 1.165) is 0 Å². The molecule has 0 aromatic heterocycles. The zero-order valence-corrected chi connectivity index (χ0v) is 7.56. The molecule has 1 aromatic carbocycles. The molecule has 63 valence electrons. The van der Waals surface area contributed by atoms with Gasteiger partial charge in [0.25, 0.3) is 5.91 Å². The summed E-state index contributed by atoms with van der Waals surface area (Å²) < 4.78 is 0. The van der Waals surface area contributed by atoms with Crippen LogP contribution in [0.3, 0.4) is 0 Å². The lowest BCUT2D eigenvalue weighted by atomic mass is 10.3. The lowest BCUT2D eigenvalue weighted by molar-refractivity contribution is -0.113. The third-order valence-electron chi connectivity index (χ3n) is 1.20. The molecular weight excluding hydrogens is 197 g/mol. The van der Waals surface area contributed by atoms with Crippen LogP contribution in [0, 0.1) is 4.84 Å². The summed E-state index contributed by atoms with van der Waals surface area (Å²) in [5.41, 5.74) is 0.668. The summed E-state index contributed by atoms with van der Waals surface area (Å²) in [4.78, 5) is 10.6. The summed E-state index contributed by atoms with van der Waals surface area (Å²) in [6, 6.07) is 8.94. The lowest BCUT2D eigenvalue weighted by Gasteiger charge is -2.02. The van der Waals surface area contributed by atoms with Gasteiger partial charge in [0, 0.05) is 5.69 Å². The number of anilines is 1. The van der Waals surface area contributed by atoms with Gasteiger partial charge in [0.2, 0.25) is 4.84 Å². The molecule has 0 saturated carbocycles. The van der Waals surface area contributed by atoms with Crippen molar-refractivity contribution < 1.29 is 4.79 Å². The Kier molecular flexibility index (Phi) is 3.38. The number of hydrogen-bond acceptors (Lipinski definition) is 1. The minimum absolute atomic E-state index is 0.293.